The Labute approximate surface area is 103 Å². The van der Waals surface area contributed by atoms with Crippen LogP contribution in [0.15, 0.2) is 18.2 Å². The van der Waals surface area contributed by atoms with Crippen LogP contribution in [-0.4, -0.2) is 34.4 Å². The molecule has 94 valence electrons. The largest absolute Gasteiger partial charge is 0.394 e. The summed E-state index contributed by atoms with van der Waals surface area (Å²) in [5.74, 6) is 0. The van der Waals surface area contributed by atoms with E-state index in [0.717, 1.165) is 0 Å². The Bertz CT molecular complexity index is 400. The average molecular weight is 261 g/mol. The van der Waals surface area contributed by atoms with E-state index in [9.17, 15) is 10.1 Å². The van der Waals surface area contributed by atoms with Crippen LogP contribution in [0.5, 0.6) is 0 Å². The summed E-state index contributed by atoms with van der Waals surface area (Å²) in [6, 6.07) is 4.40. The van der Waals surface area contributed by atoms with Gasteiger partial charge in [-0.2, -0.15) is 0 Å². The van der Waals surface area contributed by atoms with Gasteiger partial charge in [0.15, 0.2) is 0 Å². The summed E-state index contributed by atoms with van der Waals surface area (Å²) in [6.07, 6.45) is -0.874. The van der Waals surface area contributed by atoms with E-state index in [2.05, 4.69) is 5.32 Å². The van der Waals surface area contributed by atoms with Gasteiger partial charge < -0.3 is 15.5 Å². The van der Waals surface area contributed by atoms with E-state index in [1.54, 1.807) is 12.1 Å². The highest BCUT2D eigenvalue weighted by Gasteiger charge is 2.14. The molecule has 1 aromatic carbocycles. The van der Waals surface area contributed by atoms with Gasteiger partial charge in [0.25, 0.3) is 5.69 Å². The molecule has 3 N–H and O–H groups in total. The second-order valence-corrected chi connectivity index (χ2v) is 3.93. The monoisotopic (exact) mass is 260 g/mol. The fraction of sp³-hybridized carbons (Fsp3) is 0.400. The summed E-state index contributed by atoms with van der Waals surface area (Å²) in [7, 11) is 0. The number of nitro groups is 1. The van der Waals surface area contributed by atoms with E-state index >= 15 is 0 Å². The smallest absolute Gasteiger partial charge is 0.275 e. The molecule has 0 aromatic heterocycles. The van der Waals surface area contributed by atoms with Gasteiger partial charge in [-0.1, -0.05) is 11.6 Å². The minimum Gasteiger partial charge on any atom is -0.394 e. The first-order valence-electron chi connectivity index (χ1n) is 4.97. The summed E-state index contributed by atoms with van der Waals surface area (Å²) in [4.78, 5) is 10.2. The lowest BCUT2D eigenvalue weighted by Gasteiger charge is -2.09. The van der Waals surface area contributed by atoms with Crippen molar-refractivity contribution in [1.82, 2.24) is 5.32 Å². The van der Waals surface area contributed by atoms with Crippen LogP contribution < -0.4 is 5.32 Å². The predicted molar refractivity (Wildman–Crippen MR) is 62.9 cm³/mol. The van der Waals surface area contributed by atoms with Crippen LogP contribution in [0.1, 0.15) is 5.56 Å². The highest BCUT2D eigenvalue weighted by atomic mass is 35.5. The molecule has 0 radical (unpaired) electrons. The minimum atomic E-state index is -0.874. The van der Waals surface area contributed by atoms with Crippen molar-refractivity contribution in [3.63, 3.8) is 0 Å². The third kappa shape index (κ3) is 4.27. The van der Waals surface area contributed by atoms with Crippen LogP contribution in [-0.2, 0) is 6.54 Å². The Morgan fingerprint density at radius 2 is 2.24 bits per heavy atom. The Balaban J connectivity index is 2.67. The molecule has 0 amide bonds. The van der Waals surface area contributed by atoms with E-state index < -0.39 is 11.0 Å². The zero-order chi connectivity index (χ0) is 12.8. The van der Waals surface area contributed by atoms with Crippen LogP contribution in [0.2, 0.25) is 5.02 Å². The van der Waals surface area contributed by atoms with Crippen molar-refractivity contribution in [3.8, 4) is 0 Å². The molecule has 0 heterocycles. The molecule has 17 heavy (non-hydrogen) atoms. The number of nitrogens with one attached hydrogen (secondary N) is 1. The van der Waals surface area contributed by atoms with Gasteiger partial charge in [0.05, 0.1) is 17.6 Å². The molecule has 7 heteroatoms. The number of nitrogens with zero attached hydrogens (tertiary/aromatic N) is 1. The first-order valence-corrected chi connectivity index (χ1v) is 5.35. The Hall–Kier alpha value is -1.21. The van der Waals surface area contributed by atoms with Crippen LogP contribution in [0, 0.1) is 10.1 Å². The molecule has 1 rings (SSSR count). The summed E-state index contributed by atoms with van der Waals surface area (Å²) in [5, 5.41) is 31.6. The number of hydrogen-bond donors (Lipinski definition) is 3. The van der Waals surface area contributed by atoms with Crippen molar-refractivity contribution in [2.24, 2.45) is 0 Å². The van der Waals surface area contributed by atoms with Crippen LogP contribution >= 0.6 is 11.6 Å². The Morgan fingerprint density at radius 3 is 2.82 bits per heavy atom. The first-order chi connectivity index (χ1) is 8.04. The molecule has 0 saturated heterocycles. The molecule has 0 fully saturated rings. The first kappa shape index (κ1) is 13.9. The summed E-state index contributed by atoms with van der Waals surface area (Å²) >= 11 is 5.67. The maximum Gasteiger partial charge on any atom is 0.275 e. The summed E-state index contributed by atoms with van der Waals surface area (Å²) < 4.78 is 0. The SMILES string of the molecule is O=[N+]([O-])c1cc(Cl)ccc1CNCC(O)CO. The van der Waals surface area contributed by atoms with Gasteiger partial charge in [0.2, 0.25) is 0 Å². The third-order valence-electron chi connectivity index (χ3n) is 2.15. The quantitative estimate of drug-likeness (QED) is 0.517. The number of halogens is 1. The fourth-order valence-electron chi connectivity index (χ4n) is 1.29. The van der Waals surface area contributed by atoms with Gasteiger partial charge in [-0.25, -0.2) is 0 Å². The van der Waals surface area contributed by atoms with Crippen LogP contribution in [0.4, 0.5) is 5.69 Å². The highest BCUT2D eigenvalue weighted by molar-refractivity contribution is 6.30. The maximum absolute atomic E-state index is 10.8. The molecular weight excluding hydrogens is 248 g/mol. The van der Waals surface area contributed by atoms with Crippen molar-refractivity contribution in [1.29, 1.82) is 0 Å². The summed E-state index contributed by atoms with van der Waals surface area (Å²) in [6.45, 7) is 0.0382. The molecule has 0 aliphatic heterocycles. The van der Waals surface area contributed by atoms with Crippen molar-refractivity contribution in [2.45, 2.75) is 12.6 Å². The molecule has 0 saturated carbocycles. The van der Waals surface area contributed by atoms with Gasteiger partial charge in [-0.3, -0.25) is 10.1 Å². The number of rotatable bonds is 6. The van der Waals surface area contributed by atoms with Crippen LogP contribution in [0.3, 0.4) is 0 Å². The summed E-state index contributed by atoms with van der Waals surface area (Å²) in [5.41, 5.74) is 0.410. The van der Waals surface area contributed by atoms with E-state index in [4.69, 9.17) is 21.8 Å². The molecule has 0 aliphatic rings. The molecule has 1 aromatic rings. The predicted octanol–water partition coefficient (Wildman–Crippen LogP) is 0.691. The van der Waals surface area contributed by atoms with E-state index in [-0.39, 0.29) is 25.4 Å². The zero-order valence-electron chi connectivity index (χ0n) is 8.97. The number of nitro benzene ring substituents is 1. The fourth-order valence-corrected chi connectivity index (χ4v) is 1.46. The number of aliphatic hydroxyl groups is 2. The lowest BCUT2D eigenvalue weighted by molar-refractivity contribution is -0.385. The van der Waals surface area contributed by atoms with Crippen molar-refractivity contribution >= 4 is 17.3 Å². The zero-order valence-corrected chi connectivity index (χ0v) is 9.72. The lowest BCUT2D eigenvalue weighted by atomic mass is 10.2. The van der Waals surface area contributed by atoms with Gasteiger partial charge in [0.1, 0.15) is 0 Å². The van der Waals surface area contributed by atoms with E-state index in [1.807, 2.05) is 0 Å². The molecule has 0 bridgehead atoms. The number of aliphatic hydroxyl groups excluding tert-OH is 2. The van der Waals surface area contributed by atoms with E-state index in [1.165, 1.54) is 6.07 Å². The van der Waals surface area contributed by atoms with Crippen molar-refractivity contribution < 1.29 is 15.1 Å². The van der Waals surface area contributed by atoms with Crippen LogP contribution in [0.25, 0.3) is 0 Å². The van der Waals surface area contributed by atoms with Gasteiger partial charge in [-0.05, 0) is 12.1 Å². The maximum atomic E-state index is 10.8. The van der Waals surface area contributed by atoms with E-state index in [0.29, 0.717) is 10.6 Å². The van der Waals surface area contributed by atoms with Crippen molar-refractivity contribution in [3.05, 3.63) is 38.9 Å². The Kier molecular flexibility index (Phi) is 5.30. The number of benzene rings is 1. The normalized spacial score (nSPS) is 12.4. The molecule has 0 spiro atoms. The Morgan fingerprint density at radius 1 is 1.53 bits per heavy atom. The molecular formula is C10H13ClN2O4. The molecule has 1 unspecified atom stereocenters. The standard InChI is InChI=1S/C10H13ClN2O4/c11-8-2-1-7(10(3-8)13(16)17)4-12-5-9(15)6-14/h1-3,9,12,14-15H,4-6H2. The second-order valence-electron chi connectivity index (χ2n) is 3.50. The molecule has 1 atom stereocenters. The highest BCUT2D eigenvalue weighted by Crippen LogP contribution is 2.22. The van der Waals surface area contributed by atoms with Gasteiger partial charge in [0, 0.05) is 29.7 Å². The lowest BCUT2D eigenvalue weighted by Crippen LogP contribution is -2.29. The molecule has 0 aliphatic carbocycles. The van der Waals surface area contributed by atoms with Gasteiger partial charge in [-0.15, -0.1) is 0 Å². The minimum absolute atomic E-state index is 0.0662. The topological polar surface area (TPSA) is 95.6 Å². The second kappa shape index (κ2) is 6.51. The third-order valence-corrected chi connectivity index (χ3v) is 2.39. The molecule has 6 nitrogen and oxygen atoms in total. The number of hydrogen-bond acceptors (Lipinski definition) is 5. The van der Waals surface area contributed by atoms with Crippen molar-refractivity contribution in [2.75, 3.05) is 13.2 Å². The average Bonchev–Trinajstić information content (AvgIpc) is 2.30. The van der Waals surface area contributed by atoms with Gasteiger partial charge >= 0.3 is 0 Å².